The molecule has 2 saturated heterocycles. The van der Waals surface area contributed by atoms with Gasteiger partial charge in [0.2, 0.25) is 12.1 Å². The first-order valence-electron chi connectivity index (χ1n) is 14.3. The molecule has 0 amide bonds. The highest BCUT2D eigenvalue weighted by atomic mass is 16.8. The molecule has 0 aromatic heterocycles. The summed E-state index contributed by atoms with van der Waals surface area (Å²) in [6.45, 7) is 3.71. The molecule has 10 nitrogen and oxygen atoms in total. The number of carbonyl (C=O) groups is 2. The van der Waals surface area contributed by atoms with Gasteiger partial charge in [0.1, 0.15) is 19.0 Å². The molecule has 12 atom stereocenters. The van der Waals surface area contributed by atoms with Crippen molar-refractivity contribution in [3.63, 3.8) is 0 Å². The standard InChI is InChI=1S/C29H38O10/c1-15-9-22(31)29(35)24(37-15)38-20-10-16-3-4-19-18(26(16,14-30)12-21(20)39-29)5-6-25(2)27(33,7-8-28(19,25)34)17-11-23(32)36-13-17/h4,11,14-16,18,20-22,24,31,33-35H,3,5-10,12-13H2,1-2H3/t15-,16+,18+,20-,21-,22+,24+,25-,26-,27+,28+,29+/m1/s1. The Balaban J connectivity index is 1.22. The fourth-order valence-corrected chi connectivity index (χ4v) is 9.47. The second-order valence-corrected chi connectivity index (χ2v) is 13.3. The summed E-state index contributed by atoms with van der Waals surface area (Å²) in [5.41, 5.74) is -3.27. The number of aldehydes is 1. The van der Waals surface area contributed by atoms with Gasteiger partial charge in [-0.25, -0.2) is 4.79 Å². The molecule has 3 heterocycles. The summed E-state index contributed by atoms with van der Waals surface area (Å²) in [5.74, 6) is -2.82. The zero-order valence-corrected chi connectivity index (χ0v) is 22.4. The van der Waals surface area contributed by atoms with E-state index < -0.39 is 58.4 Å². The first-order valence-corrected chi connectivity index (χ1v) is 14.3. The van der Waals surface area contributed by atoms with E-state index in [1.165, 1.54) is 6.08 Å². The van der Waals surface area contributed by atoms with E-state index in [1.54, 1.807) is 0 Å². The van der Waals surface area contributed by atoms with Gasteiger partial charge in [-0.3, -0.25) is 0 Å². The normalized spacial score (nSPS) is 56.2. The van der Waals surface area contributed by atoms with Gasteiger partial charge in [0.15, 0.2) is 0 Å². The highest BCUT2D eigenvalue weighted by molar-refractivity contribution is 5.86. The van der Waals surface area contributed by atoms with Crippen molar-refractivity contribution in [2.45, 2.75) is 113 Å². The SMILES string of the molecule is C[C@@H]1C[C@H](O)[C@]2(O)O[C@@H]3C[C@@]4(C=O)[C@@H](CC=C5[C@@H]4CC[C@]4(C)[C@@](O)(C6=CC(=O)OC6)CC[C@]54O)C[C@H]3O[C@@H]2O1. The minimum Gasteiger partial charge on any atom is -0.458 e. The lowest BCUT2D eigenvalue weighted by Crippen LogP contribution is -2.70. The smallest absolute Gasteiger partial charge is 0.331 e. The Morgan fingerprint density at radius 3 is 2.54 bits per heavy atom. The summed E-state index contributed by atoms with van der Waals surface area (Å²) in [6, 6.07) is 0. The topological polar surface area (TPSA) is 152 Å². The maximum Gasteiger partial charge on any atom is 0.331 e. The highest BCUT2D eigenvalue weighted by Crippen LogP contribution is 2.69. The fourth-order valence-electron chi connectivity index (χ4n) is 9.47. The molecule has 5 fully saturated rings. The number of carbonyl (C=O) groups excluding carboxylic acids is 2. The Bertz CT molecular complexity index is 1170. The summed E-state index contributed by atoms with van der Waals surface area (Å²) in [5, 5.41) is 46.3. The lowest BCUT2D eigenvalue weighted by molar-refractivity contribution is -0.456. The van der Waals surface area contributed by atoms with E-state index in [9.17, 15) is 30.0 Å². The maximum absolute atomic E-state index is 13.1. The van der Waals surface area contributed by atoms with Gasteiger partial charge in [-0.1, -0.05) is 13.0 Å². The van der Waals surface area contributed by atoms with Crippen LogP contribution in [0.1, 0.15) is 65.2 Å². The monoisotopic (exact) mass is 546 g/mol. The molecule has 4 aliphatic carbocycles. The molecule has 3 saturated carbocycles. The third-order valence-electron chi connectivity index (χ3n) is 11.8. The van der Waals surface area contributed by atoms with Crippen molar-refractivity contribution in [2.75, 3.05) is 6.61 Å². The summed E-state index contributed by atoms with van der Waals surface area (Å²) >= 11 is 0. The van der Waals surface area contributed by atoms with Crippen LogP contribution in [0.3, 0.4) is 0 Å². The number of allylic oxidation sites excluding steroid dienone is 1. The number of ether oxygens (including phenoxy) is 4. The second kappa shape index (κ2) is 8.21. The summed E-state index contributed by atoms with van der Waals surface area (Å²) in [6.07, 6.45) is 4.00. The Morgan fingerprint density at radius 2 is 1.82 bits per heavy atom. The van der Waals surface area contributed by atoms with Crippen LogP contribution in [0.15, 0.2) is 23.3 Å². The number of aliphatic hydroxyl groups is 4. The van der Waals surface area contributed by atoms with Crippen LogP contribution in [0.25, 0.3) is 0 Å². The van der Waals surface area contributed by atoms with Crippen molar-refractivity contribution in [1.82, 2.24) is 0 Å². The molecule has 4 N–H and O–H groups in total. The van der Waals surface area contributed by atoms with Gasteiger partial charge in [0.25, 0.3) is 0 Å². The van der Waals surface area contributed by atoms with Gasteiger partial charge in [-0.15, -0.1) is 0 Å². The fraction of sp³-hybridized carbons (Fsp3) is 0.793. The summed E-state index contributed by atoms with van der Waals surface area (Å²) in [7, 11) is 0. The third-order valence-corrected chi connectivity index (χ3v) is 11.8. The van der Waals surface area contributed by atoms with Gasteiger partial charge >= 0.3 is 5.97 Å². The molecule has 7 rings (SSSR count). The number of fused-ring (bicyclic) bond motifs is 7. The van der Waals surface area contributed by atoms with Crippen LogP contribution in [0.4, 0.5) is 0 Å². The molecule has 7 aliphatic rings. The number of esters is 1. The predicted octanol–water partition coefficient (Wildman–Crippen LogP) is 1.04. The Kier molecular flexibility index (Phi) is 5.53. The van der Waals surface area contributed by atoms with Gasteiger partial charge < -0.3 is 44.2 Å². The molecule has 0 aromatic rings. The zero-order chi connectivity index (χ0) is 27.6. The molecule has 39 heavy (non-hydrogen) atoms. The Labute approximate surface area is 226 Å². The molecular weight excluding hydrogens is 508 g/mol. The van der Waals surface area contributed by atoms with E-state index in [0.29, 0.717) is 37.7 Å². The van der Waals surface area contributed by atoms with E-state index in [2.05, 4.69) is 6.08 Å². The number of rotatable bonds is 2. The van der Waals surface area contributed by atoms with Crippen molar-refractivity contribution < 1.29 is 49.0 Å². The van der Waals surface area contributed by atoms with E-state index in [0.717, 1.165) is 11.9 Å². The van der Waals surface area contributed by atoms with Crippen LogP contribution in [-0.2, 0) is 28.5 Å². The van der Waals surface area contributed by atoms with Crippen molar-refractivity contribution in [2.24, 2.45) is 22.7 Å². The molecule has 0 spiro atoms. The van der Waals surface area contributed by atoms with Crippen molar-refractivity contribution in [3.8, 4) is 0 Å². The average Bonchev–Trinajstić information content (AvgIpc) is 3.42. The molecule has 0 radical (unpaired) electrons. The van der Waals surface area contributed by atoms with Crippen molar-refractivity contribution in [3.05, 3.63) is 23.3 Å². The van der Waals surface area contributed by atoms with E-state index in [1.807, 2.05) is 13.8 Å². The van der Waals surface area contributed by atoms with Gasteiger partial charge in [-0.2, -0.15) is 0 Å². The summed E-state index contributed by atoms with van der Waals surface area (Å²) in [4.78, 5) is 24.9. The maximum atomic E-state index is 13.1. The molecule has 3 aliphatic heterocycles. The number of hydrogen-bond donors (Lipinski definition) is 4. The van der Waals surface area contributed by atoms with Crippen LogP contribution >= 0.6 is 0 Å². The summed E-state index contributed by atoms with van der Waals surface area (Å²) < 4.78 is 23.3. The minimum absolute atomic E-state index is 0.0164. The molecule has 0 unspecified atom stereocenters. The number of hydrogen-bond acceptors (Lipinski definition) is 10. The first kappa shape index (κ1) is 26.3. The van der Waals surface area contributed by atoms with Gasteiger partial charge in [-0.05, 0) is 69.3 Å². The highest BCUT2D eigenvalue weighted by Gasteiger charge is 2.72. The van der Waals surface area contributed by atoms with Crippen LogP contribution in [0, 0.1) is 22.7 Å². The predicted molar refractivity (Wildman–Crippen MR) is 133 cm³/mol. The largest absolute Gasteiger partial charge is 0.458 e. The lowest BCUT2D eigenvalue weighted by atomic mass is 9.45. The van der Waals surface area contributed by atoms with E-state index in [4.69, 9.17) is 18.9 Å². The quantitative estimate of drug-likeness (QED) is 0.225. The van der Waals surface area contributed by atoms with Gasteiger partial charge in [0, 0.05) is 28.9 Å². The van der Waals surface area contributed by atoms with Crippen molar-refractivity contribution >= 4 is 12.3 Å². The van der Waals surface area contributed by atoms with Crippen LogP contribution < -0.4 is 0 Å². The molecule has 10 heteroatoms. The molecular formula is C29H38O10. The molecule has 214 valence electrons. The lowest BCUT2D eigenvalue weighted by Gasteiger charge is -2.62. The van der Waals surface area contributed by atoms with Crippen LogP contribution in [0.2, 0.25) is 0 Å². The van der Waals surface area contributed by atoms with Crippen LogP contribution in [-0.4, -0.2) is 87.0 Å². The molecule has 0 bridgehead atoms. The van der Waals surface area contributed by atoms with Gasteiger partial charge in [0.05, 0.1) is 29.5 Å². The Hall–Kier alpha value is -1.66. The Morgan fingerprint density at radius 1 is 1.05 bits per heavy atom. The number of cyclic esters (lactones) is 1. The zero-order valence-electron chi connectivity index (χ0n) is 22.4. The van der Waals surface area contributed by atoms with E-state index >= 15 is 0 Å². The second-order valence-electron chi connectivity index (χ2n) is 13.3. The third kappa shape index (κ3) is 3.17. The first-order chi connectivity index (χ1) is 18.4. The van der Waals surface area contributed by atoms with Crippen molar-refractivity contribution in [1.29, 1.82) is 0 Å². The van der Waals surface area contributed by atoms with E-state index in [-0.39, 0.29) is 43.8 Å². The van der Waals surface area contributed by atoms with Crippen LogP contribution in [0.5, 0.6) is 0 Å². The minimum atomic E-state index is -2.02. The number of aliphatic hydroxyl groups excluding tert-OH is 1. The average molecular weight is 547 g/mol. The molecule has 0 aromatic carbocycles.